The van der Waals surface area contributed by atoms with Crippen LogP contribution in [0.3, 0.4) is 0 Å². The van der Waals surface area contributed by atoms with Gasteiger partial charge in [0.05, 0.1) is 12.7 Å². The van der Waals surface area contributed by atoms with E-state index in [0.29, 0.717) is 11.6 Å². The highest BCUT2D eigenvalue weighted by Gasteiger charge is 2.39. The molecule has 1 aromatic rings. The van der Waals surface area contributed by atoms with Gasteiger partial charge in [-0.3, -0.25) is 9.59 Å². The smallest absolute Gasteiger partial charge is 0.190 e. The largest absolute Gasteiger partial charge is 0.340 e. The molecule has 0 aliphatic heterocycles. The fraction of sp³-hybridized carbons (Fsp3) is 0.545. The Morgan fingerprint density at radius 3 is 2.73 bits per heavy atom. The Morgan fingerprint density at radius 2 is 2.27 bits per heavy atom. The van der Waals surface area contributed by atoms with Crippen LogP contribution in [0.4, 0.5) is 0 Å². The van der Waals surface area contributed by atoms with Crippen LogP contribution < -0.4 is 0 Å². The zero-order chi connectivity index (χ0) is 11.0. The maximum atomic E-state index is 11.6. The summed E-state index contributed by atoms with van der Waals surface area (Å²) in [7, 11) is 1.80. The molecule has 1 aliphatic rings. The highest BCUT2D eigenvalue weighted by molar-refractivity contribution is 6.08. The number of Topliss-reactive ketones (excluding diaryl/α,β-unsaturated/α-hetero) is 2. The van der Waals surface area contributed by atoms with Crippen molar-refractivity contribution in [3.05, 3.63) is 18.2 Å². The van der Waals surface area contributed by atoms with Gasteiger partial charge in [0.15, 0.2) is 5.78 Å². The lowest BCUT2D eigenvalue weighted by molar-refractivity contribution is -0.119. The van der Waals surface area contributed by atoms with Crippen LogP contribution in [0.5, 0.6) is 0 Å². The molecule has 0 amide bonds. The highest BCUT2D eigenvalue weighted by atomic mass is 16.1. The van der Waals surface area contributed by atoms with E-state index < -0.39 is 0 Å². The normalized spacial score (nSPS) is 23.9. The summed E-state index contributed by atoms with van der Waals surface area (Å²) in [5.41, 5.74) is 0.388. The van der Waals surface area contributed by atoms with Gasteiger partial charge in [0.2, 0.25) is 0 Å². The van der Waals surface area contributed by atoms with Gasteiger partial charge in [-0.1, -0.05) is 6.92 Å². The number of hydrogen-bond acceptors (Lipinski definition) is 3. The average molecular weight is 206 g/mol. The molecule has 1 saturated carbocycles. The first-order valence-electron chi connectivity index (χ1n) is 5.12. The molecule has 0 radical (unpaired) electrons. The Hall–Kier alpha value is -1.45. The van der Waals surface area contributed by atoms with Gasteiger partial charge in [-0.05, 0) is 12.3 Å². The van der Waals surface area contributed by atoms with Gasteiger partial charge in [0, 0.05) is 19.2 Å². The second-order valence-electron chi connectivity index (χ2n) is 4.31. The lowest BCUT2D eigenvalue weighted by atomic mass is 10.1. The van der Waals surface area contributed by atoms with Crippen molar-refractivity contribution in [2.75, 3.05) is 0 Å². The van der Waals surface area contributed by atoms with Crippen molar-refractivity contribution in [3.8, 4) is 0 Å². The number of aryl methyl sites for hydroxylation is 1. The Bertz CT molecular complexity index is 408. The lowest BCUT2D eigenvalue weighted by Crippen LogP contribution is -2.10. The third-order valence-corrected chi connectivity index (χ3v) is 2.85. The van der Waals surface area contributed by atoms with E-state index in [1.807, 2.05) is 6.92 Å². The molecule has 2 atom stereocenters. The molecule has 0 N–H and O–H groups in total. The van der Waals surface area contributed by atoms with Crippen molar-refractivity contribution in [1.82, 2.24) is 9.55 Å². The SMILES string of the molecule is CC1CC1C(=O)CC(=O)c1cn(C)cn1. The van der Waals surface area contributed by atoms with Gasteiger partial charge in [-0.2, -0.15) is 0 Å². The first kappa shape index (κ1) is 10.1. The van der Waals surface area contributed by atoms with Crippen molar-refractivity contribution in [3.63, 3.8) is 0 Å². The summed E-state index contributed by atoms with van der Waals surface area (Å²) in [6.07, 6.45) is 4.16. The van der Waals surface area contributed by atoms with Gasteiger partial charge >= 0.3 is 0 Å². The van der Waals surface area contributed by atoms with E-state index in [0.717, 1.165) is 6.42 Å². The number of aromatic nitrogens is 2. The predicted octanol–water partition coefficient (Wildman–Crippen LogP) is 1.22. The molecule has 1 aromatic heterocycles. The number of imidazole rings is 1. The van der Waals surface area contributed by atoms with Crippen LogP contribution in [0.25, 0.3) is 0 Å². The van der Waals surface area contributed by atoms with E-state index in [9.17, 15) is 9.59 Å². The molecule has 4 nitrogen and oxygen atoms in total. The van der Waals surface area contributed by atoms with Gasteiger partial charge in [-0.25, -0.2) is 4.98 Å². The van der Waals surface area contributed by atoms with Crippen molar-refractivity contribution in [2.24, 2.45) is 18.9 Å². The van der Waals surface area contributed by atoms with Gasteiger partial charge in [-0.15, -0.1) is 0 Å². The third kappa shape index (κ3) is 2.14. The van der Waals surface area contributed by atoms with Gasteiger partial charge in [0.1, 0.15) is 11.5 Å². The average Bonchev–Trinajstić information content (AvgIpc) is 2.73. The molecule has 2 unspecified atom stereocenters. The number of carbonyl (C=O) groups is 2. The molecule has 0 saturated heterocycles. The summed E-state index contributed by atoms with van der Waals surface area (Å²) < 4.78 is 1.71. The highest BCUT2D eigenvalue weighted by Crippen LogP contribution is 2.39. The van der Waals surface area contributed by atoms with E-state index in [1.165, 1.54) is 0 Å². The molecule has 80 valence electrons. The van der Waals surface area contributed by atoms with E-state index in [-0.39, 0.29) is 23.9 Å². The second-order valence-corrected chi connectivity index (χ2v) is 4.31. The first-order chi connectivity index (χ1) is 7.08. The third-order valence-electron chi connectivity index (χ3n) is 2.85. The topological polar surface area (TPSA) is 52.0 Å². The quantitative estimate of drug-likeness (QED) is 0.549. The molecule has 0 spiro atoms. The van der Waals surface area contributed by atoms with Crippen molar-refractivity contribution in [2.45, 2.75) is 19.8 Å². The zero-order valence-electron chi connectivity index (χ0n) is 8.93. The fourth-order valence-corrected chi connectivity index (χ4v) is 1.71. The summed E-state index contributed by atoms with van der Waals surface area (Å²) in [5.74, 6) is 0.490. The van der Waals surface area contributed by atoms with Crippen LogP contribution in [0.1, 0.15) is 30.3 Å². The molecule has 1 aliphatic carbocycles. The van der Waals surface area contributed by atoms with Crippen LogP contribution in [-0.4, -0.2) is 21.1 Å². The minimum absolute atomic E-state index is 0.00597. The molecule has 0 aromatic carbocycles. The molecule has 2 rings (SSSR count). The maximum absolute atomic E-state index is 11.6. The second kappa shape index (κ2) is 3.61. The Kier molecular flexibility index (Phi) is 2.42. The predicted molar refractivity (Wildman–Crippen MR) is 54.4 cm³/mol. The molecule has 1 fully saturated rings. The summed E-state index contributed by atoms with van der Waals surface area (Å²) in [4.78, 5) is 27.1. The standard InChI is InChI=1S/C11H14N2O2/c1-7-3-8(7)10(14)4-11(15)9-5-13(2)6-12-9/h5-8H,3-4H2,1-2H3. The van der Waals surface area contributed by atoms with Crippen molar-refractivity contribution < 1.29 is 9.59 Å². The monoisotopic (exact) mass is 206 g/mol. The Labute approximate surface area is 88.3 Å². The lowest BCUT2D eigenvalue weighted by Gasteiger charge is -1.95. The number of nitrogens with zero attached hydrogens (tertiary/aromatic N) is 2. The van der Waals surface area contributed by atoms with Crippen LogP contribution in [0.2, 0.25) is 0 Å². The number of carbonyl (C=O) groups excluding carboxylic acids is 2. The van der Waals surface area contributed by atoms with Crippen LogP contribution >= 0.6 is 0 Å². The summed E-state index contributed by atoms with van der Waals surface area (Å²) in [6.45, 7) is 2.04. The molecular formula is C11H14N2O2. The Morgan fingerprint density at radius 1 is 1.60 bits per heavy atom. The number of hydrogen-bond donors (Lipinski definition) is 0. The minimum atomic E-state index is -0.167. The number of rotatable bonds is 4. The minimum Gasteiger partial charge on any atom is -0.340 e. The molecule has 1 heterocycles. The first-order valence-corrected chi connectivity index (χ1v) is 5.12. The van der Waals surface area contributed by atoms with Gasteiger partial charge in [0.25, 0.3) is 0 Å². The van der Waals surface area contributed by atoms with E-state index in [4.69, 9.17) is 0 Å². The number of ketones is 2. The summed E-state index contributed by atoms with van der Waals surface area (Å²) in [5, 5.41) is 0. The molecule has 0 bridgehead atoms. The summed E-state index contributed by atoms with van der Waals surface area (Å²) >= 11 is 0. The van der Waals surface area contributed by atoms with Crippen LogP contribution in [0.15, 0.2) is 12.5 Å². The molecule has 15 heavy (non-hydrogen) atoms. The van der Waals surface area contributed by atoms with E-state index >= 15 is 0 Å². The maximum Gasteiger partial charge on any atom is 0.190 e. The van der Waals surface area contributed by atoms with Crippen molar-refractivity contribution in [1.29, 1.82) is 0 Å². The molecule has 4 heteroatoms. The van der Waals surface area contributed by atoms with Crippen molar-refractivity contribution >= 4 is 11.6 Å². The van der Waals surface area contributed by atoms with Crippen LogP contribution in [0, 0.1) is 11.8 Å². The Balaban J connectivity index is 1.95. The van der Waals surface area contributed by atoms with E-state index in [1.54, 1.807) is 24.1 Å². The molecular weight excluding hydrogens is 192 g/mol. The fourth-order valence-electron chi connectivity index (χ4n) is 1.71. The summed E-state index contributed by atoms with van der Waals surface area (Å²) in [6, 6.07) is 0. The zero-order valence-corrected chi connectivity index (χ0v) is 8.93. The van der Waals surface area contributed by atoms with Gasteiger partial charge < -0.3 is 4.57 Å². The van der Waals surface area contributed by atoms with E-state index in [2.05, 4.69) is 4.98 Å². The van der Waals surface area contributed by atoms with Crippen LogP contribution in [-0.2, 0) is 11.8 Å².